The van der Waals surface area contributed by atoms with Crippen LogP contribution in [0.5, 0.6) is 0 Å². The van der Waals surface area contributed by atoms with Crippen molar-refractivity contribution in [2.24, 2.45) is 17.3 Å². The molecule has 0 spiro atoms. The van der Waals surface area contributed by atoms with Crippen LogP contribution < -0.4 is 0 Å². The van der Waals surface area contributed by atoms with Gasteiger partial charge in [0, 0.05) is 0 Å². The average molecular weight is 200 g/mol. The van der Waals surface area contributed by atoms with Crippen LogP contribution in [-0.2, 0) is 0 Å². The van der Waals surface area contributed by atoms with Gasteiger partial charge in [-0.2, -0.15) is 0 Å². The molecule has 1 saturated carbocycles. The van der Waals surface area contributed by atoms with Crippen molar-refractivity contribution in [3.63, 3.8) is 0 Å². The van der Waals surface area contributed by atoms with Gasteiger partial charge in [-0.1, -0.05) is 27.7 Å². The molecule has 1 aliphatic carbocycles. The maximum atomic E-state index is 10.1. The highest BCUT2D eigenvalue weighted by Crippen LogP contribution is 2.46. The van der Waals surface area contributed by atoms with E-state index in [0.29, 0.717) is 12.3 Å². The Morgan fingerprint density at radius 1 is 1.21 bits per heavy atom. The van der Waals surface area contributed by atoms with E-state index in [-0.39, 0.29) is 11.3 Å². The van der Waals surface area contributed by atoms with Crippen molar-refractivity contribution < 1.29 is 10.2 Å². The van der Waals surface area contributed by atoms with E-state index in [2.05, 4.69) is 27.7 Å². The van der Waals surface area contributed by atoms with E-state index in [4.69, 9.17) is 0 Å². The Balaban J connectivity index is 2.88. The predicted octanol–water partition coefficient (Wildman–Crippen LogP) is 2.19. The molecule has 14 heavy (non-hydrogen) atoms. The van der Waals surface area contributed by atoms with Gasteiger partial charge in [0.1, 0.15) is 0 Å². The summed E-state index contributed by atoms with van der Waals surface area (Å²) < 4.78 is 0. The molecule has 84 valence electrons. The molecule has 2 nitrogen and oxygen atoms in total. The number of hydrogen-bond acceptors (Lipinski definition) is 2. The number of aliphatic hydroxyl groups is 2. The van der Waals surface area contributed by atoms with Gasteiger partial charge in [0.05, 0.1) is 11.7 Å². The molecule has 1 aliphatic rings. The first-order valence-corrected chi connectivity index (χ1v) is 5.56. The van der Waals surface area contributed by atoms with Crippen molar-refractivity contribution in [1.29, 1.82) is 0 Å². The largest absolute Gasteiger partial charge is 0.390 e. The van der Waals surface area contributed by atoms with E-state index in [0.717, 1.165) is 6.42 Å². The second kappa shape index (κ2) is 3.49. The monoisotopic (exact) mass is 200 g/mol. The van der Waals surface area contributed by atoms with E-state index in [1.54, 1.807) is 6.92 Å². The molecular weight excluding hydrogens is 176 g/mol. The summed E-state index contributed by atoms with van der Waals surface area (Å²) in [5, 5.41) is 20.2. The van der Waals surface area contributed by atoms with Crippen LogP contribution in [0.15, 0.2) is 0 Å². The molecule has 1 fully saturated rings. The molecule has 0 saturated heterocycles. The van der Waals surface area contributed by atoms with Crippen molar-refractivity contribution in [2.75, 3.05) is 0 Å². The van der Waals surface area contributed by atoms with Gasteiger partial charge in [0.2, 0.25) is 0 Å². The summed E-state index contributed by atoms with van der Waals surface area (Å²) in [6, 6.07) is 0. The number of rotatable bonds is 1. The zero-order valence-electron chi connectivity index (χ0n) is 10.0. The SMILES string of the molecule is CC(C)C1CC(C)(C)CC(C)(O)C1O. The second-order valence-electron chi connectivity index (χ2n) is 6.25. The lowest BCUT2D eigenvalue weighted by atomic mass is 9.62. The van der Waals surface area contributed by atoms with E-state index >= 15 is 0 Å². The molecule has 0 radical (unpaired) electrons. The molecule has 0 aromatic carbocycles. The Bertz CT molecular complexity index is 206. The van der Waals surface area contributed by atoms with E-state index in [1.807, 2.05) is 0 Å². The van der Waals surface area contributed by atoms with Crippen LogP contribution in [0.2, 0.25) is 0 Å². The van der Waals surface area contributed by atoms with Crippen molar-refractivity contribution in [2.45, 2.75) is 59.2 Å². The zero-order valence-corrected chi connectivity index (χ0v) is 10.0. The van der Waals surface area contributed by atoms with Gasteiger partial charge in [-0.05, 0) is 37.0 Å². The third-order valence-electron chi connectivity index (χ3n) is 3.52. The molecule has 0 aromatic rings. The van der Waals surface area contributed by atoms with Gasteiger partial charge in [-0.15, -0.1) is 0 Å². The van der Waals surface area contributed by atoms with Crippen LogP contribution in [0.3, 0.4) is 0 Å². The lowest BCUT2D eigenvalue weighted by molar-refractivity contribution is -0.154. The van der Waals surface area contributed by atoms with Gasteiger partial charge in [-0.3, -0.25) is 0 Å². The van der Waals surface area contributed by atoms with E-state index in [9.17, 15) is 10.2 Å². The highest BCUT2D eigenvalue weighted by atomic mass is 16.3. The summed E-state index contributed by atoms with van der Waals surface area (Å²) in [6.07, 6.45) is 1.11. The molecule has 3 unspecified atom stereocenters. The lowest BCUT2D eigenvalue weighted by Gasteiger charge is -2.48. The Morgan fingerprint density at radius 2 is 1.71 bits per heavy atom. The average Bonchev–Trinajstić information content (AvgIpc) is 1.94. The van der Waals surface area contributed by atoms with Crippen LogP contribution in [0, 0.1) is 17.3 Å². The Hall–Kier alpha value is -0.0800. The molecule has 2 heteroatoms. The molecular formula is C12H24O2. The normalized spacial score (nSPS) is 42.9. The van der Waals surface area contributed by atoms with Crippen molar-refractivity contribution in [1.82, 2.24) is 0 Å². The van der Waals surface area contributed by atoms with Crippen molar-refractivity contribution in [3.05, 3.63) is 0 Å². The molecule has 0 aliphatic heterocycles. The molecule has 0 bridgehead atoms. The molecule has 1 rings (SSSR count). The standard InChI is InChI=1S/C12H24O2/c1-8(2)9-6-11(3,4)7-12(5,14)10(9)13/h8-10,13-14H,6-7H2,1-5H3. The molecule has 3 atom stereocenters. The minimum Gasteiger partial charge on any atom is -0.390 e. The topological polar surface area (TPSA) is 40.5 Å². The Morgan fingerprint density at radius 3 is 2.14 bits per heavy atom. The minimum atomic E-state index is -0.920. The number of hydrogen-bond donors (Lipinski definition) is 2. The quantitative estimate of drug-likeness (QED) is 0.681. The summed E-state index contributed by atoms with van der Waals surface area (Å²) >= 11 is 0. The fourth-order valence-electron chi connectivity index (χ4n) is 2.96. The molecule has 2 N–H and O–H groups in total. The van der Waals surface area contributed by atoms with Crippen LogP contribution >= 0.6 is 0 Å². The maximum Gasteiger partial charge on any atom is 0.0885 e. The third kappa shape index (κ3) is 2.29. The molecule has 0 heterocycles. The first-order valence-electron chi connectivity index (χ1n) is 5.56. The van der Waals surface area contributed by atoms with Crippen LogP contribution in [0.4, 0.5) is 0 Å². The van der Waals surface area contributed by atoms with Crippen LogP contribution in [0.25, 0.3) is 0 Å². The van der Waals surface area contributed by atoms with Gasteiger partial charge in [0.25, 0.3) is 0 Å². The van der Waals surface area contributed by atoms with Crippen LogP contribution in [0.1, 0.15) is 47.5 Å². The Kier molecular flexibility index (Phi) is 2.99. The summed E-state index contributed by atoms with van der Waals surface area (Å²) in [6.45, 7) is 10.3. The summed E-state index contributed by atoms with van der Waals surface area (Å²) in [7, 11) is 0. The maximum absolute atomic E-state index is 10.1. The smallest absolute Gasteiger partial charge is 0.0885 e. The Labute approximate surface area is 87.3 Å². The first-order chi connectivity index (χ1) is 6.16. The van der Waals surface area contributed by atoms with Crippen molar-refractivity contribution >= 4 is 0 Å². The van der Waals surface area contributed by atoms with E-state index < -0.39 is 11.7 Å². The minimum absolute atomic E-state index is 0.137. The summed E-state index contributed by atoms with van der Waals surface area (Å²) in [5.74, 6) is 0.643. The van der Waals surface area contributed by atoms with Gasteiger partial charge >= 0.3 is 0 Å². The van der Waals surface area contributed by atoms with Gasteiger partial charge in [-0.25, -0.2) is 0 Å². The third-order valence-corrected chi connectivity index (χ3v) is 3.52. The molecule has 0 aromatic heterocycles. The van der Waals surface area contributed by atoms with Crippen molar-refractivity contribution in [3.8, 4) is 0 Å². The van der Waals surface area contributed by atoms with E-state index in [1.165, 1.54) is 0 Å². The number of aliphatic hydroxyl groups excluding tert-OH is 1. The summed E-state index contributed by atoms with van der Waals surface area (Å²) in [5.41, 5.74) is -0.783. The highest BCUT2D eigenvalue weighted by molar-refractivity contribution is 4.98. The van der Waals surface area contributed by atoms with Gasteiger partial charge < -0.3 is 10.2 Å². The highest BCUT2D eigenvalue weighted by Gasteiger charge is 2.47. The molecule has 0 amide bonds. The first kappa shape index (κ1) is 12.0. The zero-order chi connectivity index (χ0) is 11.1. The predicted molar refractivity (Wildman–Crippen MR) is 58.0 cm³/mol. The second-order valence-corrected chi connectivity index (χ2v) is 6.25. The lowest BCUT2D eigenvalue weighted by Crippen LogP contribution is -2.53. The fourth-order valence-corrected chi connectivity index (χ4v) is 2.96. The summed E-state index contributed by atoms with van der Waals surface area (Å²) in [4.78, 5) is 0. The fraction of sp³-hybridized carbons (Fsp3) is 1.00. The van der Waals surface area contributed by atoms with Crippen LogP contribution in [-0.4, -0.2) is 21.9 Å². The van der Waals surface area contributed by atoms with Gasteiger partial charge in [0.15, 0.2) is 0 Å².